The summed E-state index contributed by atoms with van der Waals surface area (Å²) in [6.07, 6.45) is 0.282. The van der Waals surface area contributed by atoms with E-state index in [1.165, 1.54) is 0 Å². The number of carbonyl (C=O) groups is 2. The standard InChI is InChI=1S/C28H28N2O5/c1-20-5-7-21(8-6-20)18-30(28(32)23-9-10-25-26(17-23)35-19-34-25)24-4-2-3-22(15-24)16-27(31)29-11-13-33-14-12-29/h2-10,15,17H,11-14,16,18-19H2,1H3. The molecule has 2 heterocycles. The van der Waals surface area contributed by atoms with Gasteiger partial charge in [0.2, 0.25) is 12.7 Å². The van der Waals surface area contributed by atoms with E-state index in [0.29, 0.717) is 49.9 Å². The maximum atomic E-state index is 13.7. The van der Waals surface area contributed by atoms with E-state index in [1.807, 2.05) is 60.4 Å². The van der Waals surface area contributed by atoms with Crippen LogP contribution in [-0.2, 0) is 22.5 Å². The van der Waals surface area contributed by atoms with E-state index < -0.39 is 0 Å². The predicted molar refractivity (Wildman–Crippen MR) is 132 cm³/mol. The van der Waals surface area contributed by atoms with Crippen LogP contribution in [0, 0.1) is 6.92 Å². The number of nitrogens with zero attached hydrogens (tertiary/aromatic N) is 2. The van der Waals surface area contributed by atoms with Crippen LogP contribution in [0.4, 0.5) is 5.69 Å². The first-order chi connectivity index (χ1) is 17.1. The van der Waals surface area contributed by atoms with Crippen molar-refractivity contribution in [2.45, 2.75) is 19.9 Å². The summed E-state index contributed by atoms with van der Waals surface area (Å²) in [7, 11) is 0. The van der Waals surface area contributed by atoms with Crippen LogP contribution < -0.4 is 14.4 Å². The average Bonchev–Trinajstić information content (AvgIpc) is 3.37. The number of hydrogen-bond acceptors (Lipinski definition) is 5. The molecule has 1 fully saturated rings. The average molecular weight is 473 g/mol. The molecular formula is C28H28N2O5. The number of hydrogen-bond donors (Lipinski definition) is 0. The molecule has 0 spiro atoms. The van der Waals surface area contributed by atoms with Gasteiger partial charge in [0.15, 0.2) is 11.5 Å². The summed E-state index contributed by atoms with van der Waals surface area (Å²) in [4.78, 5) is 30.1. The highest BCUT2D eigenvalue weighted by molar-refractivity contribution is 6.06. The minimum Gasteiger partial charge on any atom is -0.454 e. The van der Waals surface area contributed by atoms with Crippen LogP contribution in [0.25, 0.3) is 0 Å². The highest BCUT2D eigenvalue weighted by Gasteiger charge is 2.23. The van der Waals surface area contributed by atoms with Crippen molar-refractivity contribution in [2.75, 3.05) is 38.0 Å². The van der Waals surface area contributed by atoms with Crippen molar-refractivity contribution in [2.24, 2.45) is 0 Å². The van der Waals surface area contributed by atoms with Gasteiger partial charge in [0.25, 0.3) is 5.91 Å². The molecule has 0 aromatic heterocycles. The van der Waals surface area contributed by atoms with Crippen molar-refractivity contribution in [1.82, 2.24) is 4.90 Å². The van der Waals surface area contributed by atoms with Crippen LogP contribution in [0.5, 0.6) is 11.5 Å². The Morgan fingerprint density at radius 1 is 0.886 bits per heavy atom. The topological polar surface area (TPSA) is 68.3 Å². The van der Waals surface area contributed by atoms with Gasteiger partial charge in [-0.05, 0) is 48.4 Å². The molecule has 35 heavy (non-hydrogen) atoms. The minimum atomic E-state index is -0.152. The van der Waals surface area contributed by atoms with Gasteiger partial charge in [0, 0.05) is 24.3 Å². The van der Waals surface area contributed by atoms with E-state index in [4.69, 9.17) is 14.2 Å². The summed E-state index contributed by atoms with van der Waals surface area (Å²) in [5.41, 5.74) is 4.29. The Morgan fingerprint density at radius 2 is 1.66 bits per heavy atom. The summed E-state index contributed by atoms with van der Waals surface area (Å²) in [6, 6.07) is 21.0. The third kappa shape index (κ3) is 5.30. The molecule has 2 amide bonds. The molecule has 7 nitrogen and oxygen atoms in total. The smallest absolute Gasteiger partial charge is 0.258 e. The van der Waals surface area contributed by atoms with Crippen LogP contribution in [0.15, 0.2) is 66.7 Å². The number of fused-ring (bicyclic) bond motifs is 1. The van der Waals surface area contributed by atoms with E-state index in [1.54, 1.807) is 23.1 Å². The molecule has 0 N–H and O–H groups in total. The Kier molecular flexibility index (Phi) is 6.68. The van der Waals surface area contributed by atoms with Gasteiger partial charge < -0.3 is 24.0 Å². The molecule has 3 aromatic carbocycles. The quantitative estimate of drug-likeness (QED) is 0.543. The van der Waals surface area contributed by atoms with Crippen LogP contribution in [0.3, 0.4) is 0 Å². The fourth-order valence-electron chi connectivity index (χ4n) is 4.28. The molecule has 2 aliphatic heterocycles. The highest BCUT2D eigenvalue weighted by atomic mass is 16.7. The third-order valence-corrected chi connectivity index (χ3v) is 6.27. The highest BCUT2D eigenvalue weighted by Crippen LogP contribution is 2.33. The van der Waals surface area contributed by atoms with E-state index in [2.05, 4.69) is 0 Å². The molecular weight excluding hydrogens is 444 g/mol. The monoisotopic (exact) mass is 472 g/mol. The SMILES string of the molecule is Cc1ccc(CN(C(=O)c2ccc3c(c2)OCO3)c2cccc(CC(=O)N3CCOCC3)c2)cc1. The van der Waals surface area contributed by atoms with Crippen molar-refractivity contribution < 1.29 is 23.8 Å². The second-order valence-corrected chi connectivity index (χ2v) is 8.78. The van der Waals surface area contributed by atoms with Crippen molar-refractivity contribution >= 4 is 17.5 Å². The Balaban J connectivity index is 1.43. The zero-order chi connectivity index (χ0) is 24.2. The predicted octanol–water partition coefficient (Wildman–Crippen LogP) is 3.97. The van der Waals surface area contributed by atoms with Crippen molar-refractivity contribution in [3.8, 4) is 11.5 Å². The van der Waals surface area contributed by atoms with Gasteiger partial charge in [-0.25, -0.2) is 0 Å². The van der Waals surface area contributed by atoms with E-state index in [0.717, 1.165) is 22.4 Å². The summed E-state index contributed by atoms with van der Waals surface area (Å²) in [5.74, 6) is 1.12. The number of amides is 2. The molecule has 5 rings (SSSR count). The molecule has 0 saturated carbocycles. The van der Waals surface area contributed by atoms with E-state index >= 15 is 0 Å². The number of anilines is 1. The zero-order valence-corrected chi connectivity index (χ0v) is 19.7. The van der Waals surface area contributed by atoms with Crippen LogP contribution >= 0.6 is 0 Å². The maximum Gasteiger partial charge on any atom is 0.258 e. The van der Waals surface area contributed by atoms with Crippen LogP contribution in [0.2, 0.25) is 0 Å². The summed E-state index contributed by atoms with van der Waals surface area (Å²) < 4.78 is 16.2. The summed E-state index contributed by atoms with van der Waals surface area (Å²) in [5, 5.41) is 0. The molecule has 0 unspecified atom stereocenters. The maximum absolute atomic E-state index is 13.7. The molecule has 2 aliphatic rings. The number of carbonyl (C=O) groups excluding carboxylic acids is 2. The molecule has 0 atom stereocenters. The fraction of sp³-hybridized carbons (Fsp3) is 0.286. The number of ether oxygens (including phenoxy) is 3. The summed E-state index contributed by atoms with van der Waals surface area (Å²) in [6.45, 7) is 4.95. The Morgan fingerprint density at radius 3 is 2.46 bits per heavy atom. The minimum absolute atomic E-state index is 0.0673. The summed E-state index contributed by atoms with van der Waals surface area (Å²) >= 11 is 0. The molecule has 0 bridgehead atoms. The lowest BCUT2D eigenvalue weighted by Crippen LogP contribution is -2.41. The van der Waals surface area contributed by atoms with Crippen molar-refractivity contribution in [1.29, 1.82) is 0 Å². The lowest BCUT2D eigenvalue weighted by atomic mass is 10.1. The Hall–Kier alpha value is -3.84. The van der Waals surface area contributed by atoms with Gasteiger partial charge >= 0.3 is 0 Å². The van der Waals surface area contributed by atoms with Gasteiger partial charge in [-0.2, -0.15) is 0 Å². The normalized spacial score (nSPS) is 14.6. The van der Waals surface area contributed by atoms with E-state index in [-0.39, 0.29) is 25.0 Å². The van der Waals surface area contributed by atoms with Crippen LogP contribution in [0.1, 0.15) is 27.0 Å². The Bertz CT molecular complexity index is 1220. The number of morpholine rings is 1. The lowest BCUT2D eigenvalue weighted by molar-refractivity contribution is -0.134. The first kappa shape index (κ1) is 22.9. The number of benzene rings is 3. The van der Waals surface area contributed by atoms with Gasteiger partial charge in [-0.1, -0.05) is 42.0 Å². The lowest BCUT2D eigenvalue weighted by Gasteiger charge is -2.27. The number of aryl methyl sites for hydroxylation is 1. The Labute approximate surface area is 204 Å². The van der Waals surface area contributed by atoms with E-state index in [9.17, 15) is 9.59 Å². The molecule has 0 aliphatic carbocycles. The molecule has 1 saturated heterocycles. The van der Waals surface area contributed by atoms with Crippen LogP contribution in [-0.4, -0.2) is 49.8 Å². The van der Waals surface area contributed by atoms with Gasteiger partial charge in [0.05, 0.1) is 26.2 Å². The fourth-order valence-corrected chi connectivity index (χ4v) is 4.28. The molecule has 0 radical (unpaired) electrons. The third-order valence-electron chi connectivity index (χ3n) is 6.27. The first-order valence-electron chi connectivity index (χ1n) is 11.8. The van der Waals surface area contributed by atoms with Gasteiger partial charge in [0.1, 0.15) is 0 Å². The zero-order valence-electron chi connectivity index (χ0n) is 19.7. The first-order valence-corrected chi connectivity index (χ1v) is 11.8. The molecule has 7 heteroatoms. The largest absolute Gasteiger partial charge is 0.454 e. The number of rotatable bonds is 6. The second kappa shape index (κ2) is 10.2. The van der Waals surface area contributed by atoms with Crippen molar-refractivity contribution in [3.63, 3.8) is 0 Å². The van der Waals surface area contributed by atoms with Crippen molar-refractivity contribution in [3.05, 3.63) is 89.0 Å². The van der Waals surface area contributed by atoms with Gasteiger partial charge in [-0.15, -0.1) is 0 Å². The molecule has 3 aromatic rings. The second-order valence-electron chi connectivity index (χ2n) is 8.78. The van der Waals surface area contributed by atoms with Gasteiger partial charge in [-0.3, -0.25) is 9.59 Å². The molecule has 180 valence electrons.